The predicted molar refractivity (Wildman–Crippen MR) is 61.9 cm³/mol. The minimum atomic E-state index is -0.837. The Balaban J connectivity index is 0. The molecule has 16 heavy (non-hydrogen) atoms. The highest BCUT2D eigenvalue weighted by Gasteiger charge is 2.27. The average Bonchev–Trinajstić information content (AvgIpc) is 1.98. The molecule has 0 saturated heterocycles. The lowest BCUT2D eigenvalue weighted by atomic mass is 10.0. The van der Waals surface area contributed by atoms with Crippen molar-refractivity contribution >= 4 is 11.8 Å². The first-order chi connectivity index (χ1) is 6.63. The number of hydrogen-bond acceptors (Lipinski definition) is 4. The molecule has 96 valence electrons. The molecule has 0 unspecified atom stereocenters. The Morgan fingerprint density at radius 3 is 2.00 bits per heavy atom. The maximum Gasteiger partial charge on any atom is 0.376 e. The van der Waals surface area contributed by atoms with Gasteiger partial charge in [-0.1, -0.05) is 13.8 Å². The molecule has 0 aliphatic rings. The number of carbonyl (C=O) groups is 2. The number of esters is 1. The zero-order valence-electron chi connectivity index (χ0n) is 10.7. The van der Waals surface area contributed by atoms with Gasteiger partial charge in [0.25, 0.3) is 5.78 Å². The van der Waals surface area contributed by atoms with Crippen molar-refractivity contribution in [1.29, 1.82) is 0 Å². The Morgan fingerprint density at radius 1 is 1.25 bits per heavy atom. The summed E-state index contributed by atoms with van der Waals surface area (Å²) >= 11 is 0. The van der Waals surface area contributed by atoms with Gasteiger partial charge in [0, 0.05) is 0 Å². The topological polar surface area (TPSA) is 101 Å². The van der Waals surface area contributed by atoms with Crippen molar-refractivity contribution in [2.75, 3.05) is 0 Å². The first-order valence-electron chi connectivity index (χ1n) is 5.16. The third-order valence-corrected chi connectivity index (χ3v) is 1.66. The monoisotopic (exact) mass is 233 g/mol. The van der Waals surface area contributed by atoms with Gasteiger partial charge in [-0.05, 0) is 33.1 Å². The van der Waals surface area contributed by atoms with E-state index in [-0.39, 0.29) is 11.4 Å². The lowest BCUT2D eigenvalue weighted by Gasteiger charge is -2.20. The largest absolute Gasteiger partial charge is 0.454 e. The van der Waals surface area contributed by atoms with Crippen molar-refractivity contribution < 1.29 is 19.8 Å². The van der Waals surface area contributed by atoms with Crippen molar-refractivity contribution in [2.24, 2.45) is 11.7 Å². The summed E-state index contributed by atoms with van der Waals surface area (Å²) in [6.45, 7) is 9.04. The number of Topliss-reactive ketones (excluding diaryl/α,β-unsaturated/α-hetero) is 1. The lowest BCUT2D eigenvalue weighted by molar-refractivity contribution is -0.163. The van der Waals surface area contributed by atoms with E-state index in [1.165, 1.54) is 0 Å². The van der Waals surface area contributed by atoms with E-state index in [1.807, 2.05) is 13.8 Å². The number of carbonyl (C=O) groups excluding carboxylic acids is 2. The highest BCUT2D eigenvalue weighted by atomic mass is 16.6. The van der Waals surface area contributed by atoms with Gasteiger partial charge in [-0.15, -0.1) is 0 Å². The van der Waals surface area contributed by atoms with Crippen LogP contribution < -0.4 is 5.73 Å². The molecule has 0 amide bonds. The Morgan fingerprint density at radius 2 is 1.69 bits per heavy atom. The first-order valence-corrected chi connectivity index (χ1v) is 5.16. The average molecular weight is 233 g/mol. The van der Waals surface area contributed by atoms with E-state index in [2.05, 4.69) is 0 Å². The van der Waals surface area contributed by atoms with Crippen LogP contribution in [0, 0.1) is 5.92 Å². The molecule has 0 rings (SSSR count). The molecule has 0 aromatic rings. The minimum Gasteiger partial charge on any atom is -0.454 e. The molecule has 4 N–H and O–H groups in total. The third kappa shape index (κ3) is 7.36. The van der Waals surface area contributed by atoms with Crippen LogP contribution in [0.5, 0.6) is 0 Å². The fourth-order valence-electron chi connectivity index (χ4n) is 1.09. The number of hydrogen-bond donors (Lipinski definition) is 1. The van der Waals surface area contributed by atoms with Gasteiger partial charge in [-0.25, -0.2) is 4.79 Å². The van der Waals surface area contributed by atoms with E-state index >= 15 is 0 Å². The summed E-state index contributed by atoms with van der Waals surface area (Å²) in [6, 6.07) is -0.750. The fourth-order valence-corrected chi connectivity index (χ4v) is 1.09. The van der Waals surface area contributed by atoms with Crippen LogP contribution in [0.3, 0.4) is 0 Å². The van der Waals surface area contributed by atoms with Crippen molar-refractivity contribution in [3.63, 3.8) is 0 Å². The van der Waals surface area contributed by atoms with Crippen LogP contribution in [0.2, 0.25) is 0 Å². The Labute approximate surface area is 96.6 Å². The van der Waals surface area contributed by atoms with Gasteiger partial charge >= 0.3 is 5.97 Å². The third-order valence-electron chi connectivity index (χ3n) is 1.66. The molecule has 0 aliphatic heterocycles. The molecule has 0 aromatic heterocycles. The van der Waals surface area contributed by atoms with Crippen molar-refractivity contribution in [3.05, 3.63) is 0 Å². The molecule has 1 atom stereocenters. The van der Waals surface area contributed by atoms with Gasteiger partial charge in [0.2, 0.25) is 0 Å². The maximum atomic E-state index is 11.5. The summed E-state index contributed by atoms with van der Waals surface area (Å²) in [5.41, 5.74) is 4.94. The van der Waals surface area contributed by atoms with E-state index in [4.69, 9.17) is 10.5 Å². The van der Waals surface area contributed by atoms with Crippen LogP contribution in [0.1, 0.15) is 41.0 Å². The number of ketones is 1. The molecule has 5 heteroatoms. The van der Waals surface area contributed by atoms with Crippen LogP contribution in [0.25, 0.3) is 0 Å². The van der Waals surface area contributed by atoms with Crippen LogP contribution >= 0.6 is 0 Å². The Bertz CT molecular complexity index is 243. The molecule has 0 spiro atoms. The molecule has 0 aliphatic carbocycles. The van der Waals surface area contributed by atoms with E-state index in [1.54, 1.807) is 20.8 Å². The number of nitrogens with two attached hydrogens (primary N) is 1. The fraction of sp³-hybridized carbons (Fsp3) is 0.818. The van der Waals surface area contributed by atoms with Crippen LogP contribution in [0.4, 0.5) is 0 Å². The lowest BCUT2D eigenvalue weighted by Crippen LogP contribution is -2.40. The maximum absolute atomic E-state index is 11.5. The van der Waals surface area contributed by atoms with Gasteiger partial charge in [0.05, 0.1) is 6.04 Å². The van der Waals surface area contributed by atoms with Gasteiger partial charge in [-0.3, -0.25) is 4.79 Å². The van der Waals surface area contributed by atoms with E-state index in [9.17, 15) is 9.59 Å². The van der Waals surface area contributed by atoms with Gasteiger partial charge in [0.1, 0.15) is 5.60 Å². The second kappa shape index (κ2) is 6.60. The van der Waals surface area contributed by atoms with Crippen molar-refractivity contribution in [3.8, 4) is 0 Å². The predicted octanol–water partition coefficient (Wildman–Crippen LogP) is 0.446. The molecule has 0 fully saturated rings. The summed E-state index contributed by atoms with van der Waals surface area (Å²) in [4.78, 5) is 22.8. The highest BCUT2D eigenvalue weighted by Crippen LogP contribution is 2.09. The van der Waals surface area contributed by atoms with Crippen LogP contribution in [-0.2, 0) is 14.3 Å². The smallest absolute Gasteiger partial charge is 0.376 e. The molecule has 0 radical (unpaired) electrons. The highest BCUT2D eigenvalue weighted by molar-refractivity contribution is 6.35. The standard InChI is InChI=1S/C11H21NO3.H2O/c1-7(2)6-8(12)9(13)10(14)15-11(3,4)5;/h7-8H,6,12H2,1-5H3;1H2/t8-;/m1./s1. The van der Waals surface area contributed by atoms with Gasteiger partial charge in [0.15, 0.2) is 0 Å². The van der Waals surface area contributed by atoms with Crippen molar-refractivity contribution in [1.82, 2.24) is 0 Å². The number of rotatable bonds is 4. The summed E-state index contributed by atoms with van der Waals surface area (Å²) in [6.07, 6.45) is 0.498. The Hall–Kier alpha value is -0.940. The molecular formula is C11H23NO4. The summed E-state index contributed by atoms with van der Waals surface area (Å²) in [5, 5.41) is 0. The second-order valence-corrected chi connectivity index (χ2v) is 5.10. The zero-order chi connectivity index (χ0) is 12.2. The Kier molecular flexibility index (Phi) is 7.20. The first kappa shape index (κ1) is 17.5. The van der Waals surface area contributed by atoms with E-state index in [0.717, 1.165) is 0 Å². The molecule has 5 nitrogen and oxygen atoms in total. The summed E-state index contributed by atoms with van der Waals surface area (Å²) < 4.78 is 4.93. The molecular weight excluding hydrogens is 210 g/mol. The minimum absolute atomic E-state index is 0. The molecule has 0 bridgehead atoms. The quantitative estimate of drug-likeness (QED) is 0.562. The van der Waals surface area contributed by atoms with Crippen LogP contribution in [-0.4, -0.2) is 28.9 Å². The normalized spacial score (nSPS) is 12.9. The number of ether oxygens (including phenoxy) is 1. The SMILES string of the molecule is CC(C)C[C@@H](N)C(=O)C(=O)OC(C)(C)C.O. The summed E-state index contributed by atoms with van der Waals surface area (Å²) in [7, 11) is 0. The van der Waals surface area contributed by atoms with Gasteiger partial charge < -0.3 is 15.9 Å². The molecule has 0 saturated carbocycles. The van der Waals surface area contributed by atoms with Gasteiger partial charge in [-0.2, -0.15) is 0 Å². The van der Waals surface area contributed by atoms with Crippen LogP contribution in [0.15, 0.2) is 0 Å². The molecule has 0 aromatic carbocycles. The van der Waals surface area contributed by atoms with Crippen molar-refractivity contribution in [2.45, 2.75) is 52.7 Å². The second-order valence-electron chi connectivity index (χ2n) is 5.10. The van der Waals surface area contributed by atoms with E-state index < -0.39 is 23.4 Å². The zero-order valence-corrected chi connectivity index (χ0v) is 10.7. The molecule has 0 heterocycles. The van der Waals surface area contributed by atoms with E-state index in [0.29, 0.717) is 6.42 Å². The summed E-state index contributed by atoms with van der Waals surface area (Å²) in [5.74, 6) is -1.19.